The van der Waals surface area contributed by atoms with Crippen LogP contribution in [-0.2, 0) is 92.2 Å². The second kappa shape index (κ2) is 40.4. The lowest BCUT2D eigenvalue weighted by molar-refractivity contribution is -0.894. The van der Waals surface area contributed by atoms with Crippen molar-refractivity contribution >= 4 is 57.6 Å². The Morgan fingerprint density at radius 2 is 0.656 bits per heavy atom. The minimum Gasteiger partial charge on any atom is -1.00 e. The van der Waals surface area contributed by atoms with Gasteiger partial charge in [-0.3, -0.25) is 9.59 Å². The lowest BCUT2D eigenvalue weighted by Gasteiger charge is -2.59. The Morgan fingerprint density at radius 1 is 0.383 bits per heavy atom. The van der Waals surface area contributed by atoms with Gasteiger partial charge in [0.25, 0.3) is 0 Å². The van der Waals surface area contributed by atoms with Gasteiger partial charge in [-0.25, -0.2) is 19.2 Å². The Bertz CT molecular complexity index is 4620. The molecule has 24 heteroatoms. The molecule has 14 aliphatic rings. The second-order valence-electron chi connectivity index (χ2n) is 37.3. The van der Waals surface area contributed by atoms with Gasteiger partial charge in [-0.15, -0.1) is 0 Å². The summed E-state index contributed by atoms with van der Waals surface area (Å²) in [4.78, 5) is 80.1. The molecule has 2 aliphatic heterocycles. The van der Waals surface area contributed by atoms with Crippen LogP contribution in [0.5, 0.6) is 23.0 Å². The van der Waals surface area contributed by atoms with Crippen molar-refractivity contribution < 1.29 is 111 Å². The smallest absolute Gasteiger partial charge is 0.377 e. The predicted octanol–water partition coefficient (Wildman–Crippen LogP) is 16.2. The Balaban J connectivity index is 0.000000137. The molecule has 680 valence electrons. The summed E-state index contributed by atoms with van der Waals surface area (Å²) in [6.45, 7) is 16.6. The van der Waals surface area contributed by atoms with E-state index in [2.05, 4.69) is 180 Å². The average Bonchev–Trinajstić information content (AvgIpc) is 1.27. The lowest BCUT2D eigenvalue weighted by atomic mass is 9.50. The highest BCUT2D eigenvalue weighted by molar-refractivity contribution is 7.97. The van der Waals surface area contributed by atoms with Gasteiger partial charge in [-0.05, 0) is 304 Å². The topological polar surface area (TPSA) is 199 Å². The van der Waals surface area contributed by atoms with Crippen LogP contribution in [0.15, 0.2) is 248 Å². The second-order valence-corrected chi connectivity index (χ2v) is 41.4. The molecule has 128 heavy (non-hydrogen) atoms. The van der Waals surface area contributed by atoms with Crippen LogP contribution in [0.2, 0.25) is 0 Å². The summed E-state index contributed by atoms with van der Waals surface area (Å²) < 4.78 is 107. The molecule has 2 saturated heterocycles. The van der Waals surface area contributed by atoms with E-state index in [1.807, 2.05) is 72.8 Å². The SMILES string of the molecule is CC(F)(F)C(=O)OC1C2CC3C(=O)OC1C3C2.CC(F)(F)C(=O)OC1C2CC3C(=O)OC1C3C2.CC1(OC(=O)COc2ccc(COc3ccc([S+](c4ccccc4)c4ccccc4)cc3)cc2)C2CC3CC(C2)CC1C3.CC1(OC(=O)COc2ccc(COc3ccc([S+](c4ccccc4)c4ccccc4)cc3)cc2)C2CC3CC(C2)CC1C3.CC[NH+](CC)CC.[Cl-]. The van der Waals surface area contributed by atoms with Crippen LogP contribution in [0.4, 0.5) is 17.6 Å². The van der Waals surface area contributed by atoms with Gasteiger partial charge in [0.15, 0.2) is 42.6 Å². The number of alkyl halides is 4. The lowest BCUT2D eigenvalue weighted by Crippen LogP contribution is -3.11. The van der Waals surface area contributed by atoms with Crippen LogP contribution >= 0.6 is 0 Å². The Hall–Kier alpha value is -9.55. The summed E-state index contributed by atoms with van der Waals surface area (Å²) in [5.74, 6) is -2.83. The van der Waals surface area contributed by atoms with Crippen LogP contribution in [0, 0.1) is 82.9 Å². The fourth-order valence-corrected chi connectivity index (χ4v) is 27.0. The van der Waals surface area contributed by atoms with E-state index in [1.54, 1.807) is 4.90 Å². The number of esters is 6. The zero-order chi connectivity index (χ0) is 88.9. The first-order valence-corrected chi connectivity index (χ1v) is 48.1. The maximum absolute atomic E-state index is 12.8. The van der Waals surface area contributed by atoms with E-state index in [0.29, 0.717) is 75.1 Å². The Labute approximate surface area is 760 Å². The molecular formula is C104H118ClF4NO16S2+2. The minimum atomic E-state index is -3.50. The molecule has 0 amide bonds. The third-order valence-electron chi connectivity index (χ3n) is 29.1. The molecular weight excluding hydrogens is 1690 g/mol. The maximum atomic E-state index is 12.8. The van der Waals surface area contributed by atoms with Crippen molar-refractivity contribution in [3.05, 3.63) is 230 Å². The summed E-state index contributed by atoms with van der Waals surface area (Å²) in [6, 6.07) is 74.9. The molecule has 12 saturated carbocycles. The number of ether oxygens (including phenoxy) is 10. The van der Waals surface area contributed by atoms with Gasteiger partial charge < -0.3 is 64.7 Å². The van der Waals surface area contributed by atoms with Crippen molar-refractivity contribution in [2.24, 2.45) is 82.9 Å². The minimum absolute atomic E-state index is 0. The standard InChI is InChI=1S/2C38H39O4S.2C11H12F2O4.C6H15N.ClH/c2*1-38(30-21-28-20-29(23-30)24-31(38)22-28)42-37(39)26-41-32-14-12-27(13-15-32)25-40-33-16-18-36(19-17-33)43(34-8-4-2-5-9-34)35-10-6-3-7-11-35;2*1-11(12,13)10(15)17-7-4-2-5-6(3-4)9(14)16-8(5)7;1-4-7(5-2)6-3;/h2*2-19,28-31H,20-26H2,1H3;2*4-8H,2-3H2,1H3;4-6H2,1-3H3;1H/q2*+1;;;;. The van der Waals surface area contributed by atoms with E-state index >= 15 is 0 Å². The number of halogens is 5. The molecule has 8 aromatic carbocycles. The van der Waals surface area contributed by atoms with Crippen molar-refractivity contribution in [2.45, 2.75) is 228 Å². The Morgan fingerprint density at radius 3 is 0.930 bits per heavy atom. The van der Waals surface area contributed by atoms with Crippen LogP contribution in [-0.4, -0.2) is 116 Å². The zero-order valence-corrected chi connectivity index (χ0v) is 76.2. The van der Waals surface area contributed by atoms with Crippen molar-refractivity contribution in [3.63, 3.8) is 0 Å². The largest absolute Gasteiger partial charge is 1.00 e. The van der Waals surface area contributed by atoms with E-state index in [-0.39, 0.29) is 118 Å². The number of benzene rings is 8. The number of carbonyl (C=O) groups is 6. The summed E-state index contributed by atoms with van der Waals surface area (Å²) in [5, 5.41) is 0. The first-order chi connectivity index (χ1) is 61.2. The van der Waals surface area contributed by atoms with Crippen LogP contribution in [0.3, 0.4) is 0 Å². The number of quaternary nitrogens is 1. The first-order valence-electron chi connectivity index (χ1n) is 45.6. The zero-order valence-electron chi connectivity index (χ0n) is 73.8. The van der Waals surface area contributed by atoms with E-state index in [9.17, 15) is 46.3 Å². The fourth-order valence-electron chi connectivity index (χ4n) is 22.8. The summed E-state index contributed by atoms with van der Waals surface area (Å²) in [7, 11) is -0.359. The number of hydrogen-bond donors (Lipinski definition) is 1. The number of nitrogens with one attached hydrogen (secondary N) is 1. The molecule has 12 aliphatic carbocycles. The third kappa shape index (κ3) is 21.2. The van der Waals surface area contributed by atoms with Gasteiger partial charge in [0.1, 0.15) is 71.8 Å². The molecule has 0 aromatic heterocycles. The number of rotatable bonds is 27. The van der Waals surface area contributed by atoms with Crippen LogP contribution in [0.25, 0.3) is 0 Å². The first kappa shape index (κ1) is 93.1. The number of carbonyl (C=O) groups excluding carboxylic acids is 6. The van der Waals surface area contributed by atoms with Crippen molar-refractivity contribution in [1.82, 2.24) is 0 Å². The molecule has 12 bridgehead atoms. The van der Waals surface area contributed by atoms with Crippen molar-refractivity contribution in [2.75, 3.05) is 32.8 Å². The van der Waals surface area contributed by atoms with E-state index in [4.69, 9.17) is 47.4 Å². The van der Waals surface area contributed by atoms with Crippen LogP contribution < -0.4 is 36.3 Å². The van der Waals surface area contributed by atoms with Gasteiger partial charge in [0.2, 0.25) is 0 Å². The van der Waals surface area contributed by atoms with E-state index in [0.717, 1.165) is 59.1 Å². The molecule has 0 radical (unpaired) electrons. The average molecular weight is 1810 g/mol. The Kier molecular flexibility index (Phi) is 29.4. The molecule has 10 unspecified atom stereocenters. The van der Waals surface area contributed by atoms with Crippen molar-refractivity contribution in [3.8, 4) is 23.0 Å². The molecule has 2 heterocycles. The highest BCUT2D eigenvalue weighted by Gasteiger charge is 2.66. The van der Waals surface area contributed by atoms with E-state index < -0.39 is 48.2 Å². The highest BCUT2D eigenvalue weighted by Crippen LogP contribution is 2.62. The van der Waals surface area contributed by atoms with Gasteiger partial charge in [-0.1, -0.05) is 97.1 Å². The maximum Gasteiger partial charge on any atom is 0.377 e. The molecule has 17 nitrogen and oxygen atoms in total. The molecule has 14 fully saturated rings. The molecule has 22 rings (SSSR count). The molecule has 1 N–H and O–H groups in total. The monoisotopic (exact) mass is 1810 g/mol. The predicted molar refractivity (Wildman–Crippen MR) is 471 cm³/mol. The summed E-state index contributed by atoms with van der Waals surface area (Å²) in [6.07, 6.45) is 12.8. The fraction of sp³-hybridized carbons (Fsp3) is 0.481. The van der Waals surface area contributed by atoms with Crippen molar-refractivity contribution in [1.29, 1.82) is 0 Å². The van der Waals surface area contributed by atoms with Gasteiger partial charge in [-0.2, -0.15) is 17.6 Å². The molecule has 8 aromatic rings. The quantitative estimate of drug-likeness (QED) is 0.0220. The normalized spacial score (nSPS) is 29.0. The highest BCUT2D eigenvalue weighted by atomic mass is 35.5. The van der Waals surface area contributed by atoms with Gasteiger partial charge >= 0.3 is 47.7 Å². The summed E-state index contributed by atoms with van der Waals surface area (Å²) >= 11 is 0. The van der Waals surface area contributed by atoms with Crippen LogP contribution in [0.1, 0.15) is 149 Å². The van der Waals surface area contributed by atoms with Gasteiger partial charge in [0.05, 0.1) is 53.3 Å². The number of hydrogen-bond acceptors (Lipinski definition) is 16. The molecule has 10 atom stereocenters. The molecule has 0 spiro atoms. The number of fused-ring (bicyclic) bond motifs is 2. The van der Waals surface area contributed by atoms with Gasteiger partial charge in [0, 0.05) is 37.5 Å². The van der Waals surface area contributed by atoms with E-state index in [1.165, 1.54) is 113 Å². The third-order valence-corrected chi connectivity index (χ3v) is 33.6. The summed E-state index contributed by atoms with van der Waals surface area (Å²) in [5.41, 5.74) is 1.43.